The Hall–Kier alpha value is -0.440. The molecule has 0 aromatic heterocycles. The number of aliphatic hydroxyl groups excluding tert-OH is 9. The van der Waals surface area contributed by atoms with Crippen LogP contribution in [0.4, 0.5) is 0 Å². The summed E-state index contributed by atoms with van der Waals surface area (Å²) in [5.41, 5.74) is 0. The Morgan fingerprint density at radius 1 is 0.826 bits per heavy atom. The third-order valence-electron chi connectivity index (χ3n) is 3.61. The quantitative estimate of drug-likeness (QED) is 0.203. The molecule has 1 heterocycles. The zero-order valence-electron chi connectivity index (χ0n) is 12.2. The molecule has 0 bridgehead atoms. The van der Waals surface area contributed by atoms with Crippen LogP contribution in [0.5, 0.6) is 0 Å². The minimum Gasteiger partial charge on any atom is -0.394 e. The third-order valence-corrected chi connectivity index (χ3v) is 3.61. The summed E-state index contributed by atoms with van der Waals surface area (Å²) in [6.07, 6.45) is -14.7. The van der Waals surface area contributed by atoms with Crippen LogP contribution in [-0.2, 0) is 9.47 Å². The zero-order valence-corrected chi connectivity index (χ0v) is 12.2. The lowest BCUT2D eigenvalue weighted by Gasteiger charge is -2.40. The smallest absolute Gasteiger partial charge is 0.186 e. The van der Waals surface area contributed by atoms with Gasteiger partial charge in [-0.1, -0.05) is 0 Å². The maximum atomic E-state index is 9.70. The number of ether oxygens (including phenoxy) is 2. The lowest BCUT2D eigenvalue weighted by molar-refractivity contribution is -0.306. The van der Waals surface area contributed by atoms with Crippen molar-refractivity contribution in [3.8, 4) is 0 Å². The first-order valence-electron chi connectivity index (χ1n) is 6.99. The van der Waals surface area contributed by atoms with Gasteiger partial charge in [0.15, 0.2) is 6.29 Å². The highest BCUT2D eigenvalue weighted by Gasteiger charge is 2.44. The van der Waals surface area contributed by atoms with Crippen molar-refractivity contribution < 1.29 is 55.4 Å². The van der Waals surface area contributed by atoms with E-state index in [-0.39, 0.29) is 0 Å². The Bertz CT molecular complexity index is 341. The van der Waals surface area contributed by atoms with Crippen molar-refractivity contribution in [1.82, 2.24) is 0 Å². The lowest BCUT2D eigenvalue weighted by atomic mass is 9.99. The summed E-state index contributed by atoms with van der Waals surface area (Å²) < 4.78 is 9.99. The molecule has 9 atom stereocenters. The number of hydrogen-bond acceptors (Lipinski definition) is 11. The summed E-state index contributed by atoms with van der Waals surface area (Å²) in [5, 5.41) is 84.4. The minimum absolute atomic E-state index is 0.655. The van der Waals surface area contributed by atoms with E-state index in [1.807, 2.05) is 0 Å². The van der Waals surface area contributed by atoms with Crippen molar-refractivity contribution in [1.29, 1.82) is 0 Å². The van der Waals surface area contributed by atoms with E-state index in [1.165, 1.54) is 0 Å². The van der Waals surface area contributed by atoms with Crippen LogP contribution in [0.3, 0.4) is 0 Å². The Kier molecular flexibility index (Phi) is 8.20. The molecular weight excluding hydrogens is 320 g/mol. The second-order valence-corrected chi connectivity index (χ2v) is 5.33. The van der Waals surface area contributed by atoms with Crippen molar-refractivity contribution in [3.63, 3.8) is 0 Å². The molecule has 11 heteroatoms. The lowest BCUT2D eigenvalue weighted by Crippen LogP contribution is -2.59. The molecule has 5 unspecified atom stereocenters. The fourth-order valence-electron chi connectivity index (χ4n) is 2.06. The van der Waals surface area contributed by atoms with Crippen molar-refractivity contribution >= 4 is 0 Å². The predicted octanol–water partition coefficient (Wildman–Crippen LogP) is -5.76. The van der Waals surface area contributed by atoms with E-state index in [1.54, 1.807) is 0 Å². The topological polar surface area (TPSA) is 201 Å². The summed E-state index contributed by atoms with van der Waals surface area (Å²) in [5.74, 6) is 0. The highest BCUT2D eigenvalue weighted by molar-refractivity contribution is 4.89. The maximum Gasteiger partial charge on any atom is 0.186 e. The molecule has 9 N–H and O–H groups in total. The molecule has 0 saturated carbocycles. The minimum atomic E-state index is -1.86. The summed E-state index contributed by atoms with van der Waals surface area (Å²) in [4.78, 5) is 0. The van der Waals surface area contributed by atoms with Crippen LogP contribution in [0.15, 0.2) is 0 Å². The largest absolute Gasteiger partial charge is 0.394 e. The monoisotopic (exact) mass is 344 g/mol. The average molecular weight is 344 g/mol. The van der Waals surface area contributed by atoms with E-state index in [2.05, 4.69) is 0 Å². The zero-order chi connectivity index (χ0) is 17.7. The summed E-state index contributed by atoms with van der Waals surface area (Å²) in [6, 6.07) is 0. The molecule has 23 heavy (non-hydrogen) atoms. The molecule has 0 spiro atoms. The Morgan fingerprint density at radius 3 is 1.91 bits per heavy atom. The van der Waals surface area contributed by atoms with Crippen LogP contribution in [0.2, 0.25) is 0 Å². The molecule has 1 fully saturated rings. The fraction of sp³-hybridized carbons (Fsp3) is 1.00. The molecule has 0 amide bonds. The van der Waals surface area contributed by atoms with Gasteiger partial charge in [-0.2, -0.15) is 0 Å². The summed E-state index contributed by atoms with van der Waals surface area (Å²) >= 11 is 0. The van der Waals surface area contributed by atoms with Gasteiger partial charge in [-0.05, 0) is 0 Å². The van der Waals surface area contributed by atoms with Crippen LogP contribution in [0.1, 0.15) is 0 Å². The first-order chi connectivity index (χ1) is 10.7. The van der Waals surface area contributed by atoms with Crippen LogP contribution in [0.25, 0.3) is 0 Å². The van der Waals surface area contributed by atoms with Crippen molar-refractivity contribution in [2.24, 2.45) is 0 Å². The maximum absolute atomic E-state index is 9.70. The van der Waals surface area contributed by atoms with Gasteiger partial charge in [-0.3, -0.25) is 0 Å². The average Bonchev–Trinajstić information content (AvgIpc) is 2.56. The highest BCUT2D eigenvalue weighted by atomic mass is 16.7. The Balaban J connectivity index is 2.55. The van der Waals surface area contributed by atoms with E-state index < -0.39 is 74.9 Å². The molecule has 0 aromatic rings. The van der Waals surface area contributed by atoms with Crippen LogP contribution in [0, 0.1) is 0 Å². The van der Waals surface area contributed by atoms with E-state index >= 15 is 0 Å². The van der Waals surface area contributed by atoms with Gasteiger partial charge in [-0.15, -0.1) is 0 Å². The molecule has 1 aliphatic heterocycles. The molecule has 11 nitrogen and oxygen atoms in total. The van der Waals surface area contributed by atoms with Crippen LogP contribution >= 0.6 is 0 Å². The van der Waals surface area contributed by atoms with Gasteiger partial charge in [0, 0.05) is 0 Å². The molecule has 138 valence electrons. The van der Waals surface area contributed by atoms with Crippen molar-refractivity contribution in [2.75, 3.05) is 19.8 Å². The van der Waals surface area contributed by atoms with Crippen molar-refractivity contribution in [2.45, 2.75) is 55.1 Å². The summed E-state index contributed by atoms with van der Waals surface area (Å²) in [6.45, 7) is -2.16. The van der Waals surface area contributed by atoms with Gasteiger partial charge < -0.3 is 55.4 Å². The Morgan fingerprint density at radius 2 is 1.39 bits per heavy atom. The number of rotatable bonds is 8. The van der Waals surface area contributed by atoms with Gasteiger partial charge in [0.2, 0.25) is 0 Å². The van der Waals surface area contributed by atoms with E-state index in [9.17, 15) is 35.7 Å². The molecule has 0 aliphatic carbocycles. The molecular formula is C12H24O11. The number of hydrogen-bond donors (Lipinski definition) is 9. The van der Waals surface area contributed by atoms with Gasteiger partial charge in [0.05, 0.1) is 19.8 Å². The first-order valence-corrected chi connectivity index (χ1v) is 6.99. The van der Waals surface area contributed by atoms with Crippen LogP contribution < -0.4 is 0 Å². The highest BCUT2D eigenvalue weighted by Crippen LogP contribution is 2.22. The van der Waals surface area contributed by atoms with E-state index in [0.717, 1.165) is 0 Å². The van der Waals surface area contributed by atoms with E-state index in [0.29, 0.717) is 0 Å². The number of aliphatic hydroxyl groups is 9. The first kappa shape index (κ1) is 20.6. The standard InChI is InChI=1S/C12H24O11/c13-1-4(15)7(17)8(18)5(16)3-22-12-11(21)10(20)9(19)6(2-14)23-12/h4-21H,1-3H2/t4-,5+,6?,7-,8-,9?,10?,11?,12?/m1/s1. The van der Waals surface area contributed by atoms with Gasteiger partial charge in [-0.25, -0.2) is 0 Å². The van der Waals surface area contributed by atoms with Gasteiger partial charge in [0.1, 0.15) is 48.8 Å². The Labute approximate surface area is 131 Å². The fourth-order valence-corrected chi connectivity index (χ4v) is 2.06. The molecule has 1 aliphatic rings. The normalized spacial score (nSPS) is 37.2. The summed E-state index contributed by atoms with van der Waals surface area (Å²) in [7, 11) is 0. The molecule has 1 saturated heterocycles. The second-order valence-electron chi connectivity index (χ2n) is 5.33. The third kappa shape index (κ3) is 5.01. The van der Waals surface area contributed by atoms with Crippen molar-refractivity contribution in [3.05, 3.63) is 0 Å². The van der Waals surface area contributed by atoms with E-state index in [4.69, 9.17) is 19.7 Å². The van der Waals surface area contributed by atoms with Gasteiger partial charge >= 0.3 is 0 Å². The molecule has 0 aromatic carbocycles. The molecule has 1 rings (SSSR count). The molecule has 0 radical (unpaired) electrons. The SMILES string of the molecule is OCC1OC(OC[C@H](O)[C@@H](O)[C@H](O)[C@H](O)CO)C(O)C(O)C1O. The van der Waals surface area contributed by atoms with Crippen LogP contribution in [-0.4, -0.2) is 121 Å². The van der Waals surface area contributed by atoms with Gasteiger partial charge in [0.25, 0.3) is 0 Å². The predicted molar refractivity (Wildman–Crippen MR) is 70.8 cm³/mol. The second kappa shape index (κ2) is 9.15.